The van der Waals surface area contributed by atoms with Gasteiger partial charge in [-0.3, -0.25) is 0 Å². The Morgan fingerprint density at radius 2 is 1.33 bits per heavy atom. The molecule has 0 aliphatic carbocycles. The van der Waals surface area contributed by atoms with Gasteiger partial charge in [0.15, 0.2) is 11.8 Å². The molecule has 0 saturated heterocycles. The highest BCUT2D eigenvalue weighted by Gasteiger charge is 2.21. The van der Waals surface area contributed by atoms with Crippen molar-refractivity contribution in [2.75, 3.05) is 19.6 Å². The molecule has 12 heavy (non-hydrogen) atoms. The van der Waals surface area contributed by atoms with E-state index >= 15 is 0 Å². The fourth-order valence-electron chi connectivity index (χ4n) is 1.31. The van der Waals surface area contributed by atoms with Gasteiger partial charge in [-0.2, -0.15) is 0 Å². The fourth-order valence-corrected chi connectivity index (χ4v) is 1.55. The largest absolute Gasteiger partial charge is 0.222 e. The van der Waals surface area contributed by atoms with Crippen LogP contribution >= 0.6 is 11.8 Å². The summed E-state index contributed by atoms with van der Waals surface area (Å²) in [7, 11) is 0. The van der Waals surface area contributed by atoms with Gasteiger partial charge in [-0.15, -0.1) is 0 Å². The Morgan fingerprint density at radius 1 is 0.917 bits per heavy atom. The molecule has 0 aromatic heterocycles. The van der Waals surface area contributed by atoms with E-state index in [0.29, 0.717) is 0 Å². The second kappa shape index (κ2) is 6.73. The minimum Gasteiger partial charge on any atom is -0.222 e. The van der Waals surface area contributed by atoms with Crippen LogP contribution in [0.1, 0.15) is 46.5 Å². The zero-order valence-corrected chi connectivity index (χ0v) is 9.53. The molecule has 0 bridgehead atoms. The highest BCUT2D eigenvalue weighted by Crippen LogP contribution is 2.15. The first-order valence-electron chi connectivity index (χ1n) is 5.24. The van der Waals surface area contributed by atoms with Crippen LogP contribution in [0.5, 0.6) is 0 Å². The van der Waals surface area contributed by atoms with Gasteiger partial charge in [0.25, 0.3) is 0 Å². The molecule has 0 rings (SSSR count). The maximum atomic E-state index is 6.42. The Morgan fingerprint density at radius 3 is 1.58 bits per heavy atom. The van der Waals surface area contributed by atoms with Crippen molar-refractivity contribution in [2.45, 2.75) is 46.5 Å². The summed E-state index contributed by atoms with van der Waals surface area (Å²) in [6.07, 6.45) is 5.00. The first-order chi connectivity index (χ1) is 5.68. The monoisotopic (exact) mass is 192 g/mol. The maximum absolute atomic E-state index is 6.42. The molecule has 0 atom stereocenters. The lowest BCUT2D eigenvalue weighted by Gasteiger charge is -2.27. The van der Waals surface area contributed by atoms with Crippen LogP contribution in [0.4, 0.5) is 0 Å². The number of hydrogen-bond donors (Lipinski definition) is 0. The van der Waals surface area contributed by atoms with E-state index in [-0.39, 0.29) is 0 Å². The number of unbranched alkanes of at least 4 members (excludes halogenated alkanes) is 2. The van der Waals surface area contributed by atoms with Gasteiger partial charge in [-0.25, -0.2) is 4.00 Å². The van der Waals surface area contributed by atoms with Crippen LogP contribution in [0.2, 0.25) is 0 Å². The molecule has 0 heterocycles. The summed E-state index contributed by atoms with van der Waals surface area (Å²) in [4.78, 5) is 0. The molecule has 0 amide bonds. The Bertz CT molecular complexity index is 96.0. The standard InChI is InChI=1S/C10H23ClN/c1-4-7-9-12(11,6-3)10-8-5-2/h4-10H2,1-3H3/q+1. The van der Waals surface area contributed by atoms with Gasteiger partial charge in [0, 0.05) is 0 Å². The molecular formula is C10H23ClN+. The summed E-state index contributed by atoms with van der Waals surface area (Å²) in [6.45, 7) is 9.94. The van der Waals surface area contributed by atoms with Gasteiger partial charge in [0.1, 0.15) is 0 Å². The van der Waals surface area contributed by atoms with Crippen molar-refractivity contribution in [3.63, 3.8) is 0 Å². The first kappa shape index (κ1) is 12.2. The van der Waals surface area contributed by atoms with E-state index in [1.54, 1.807) is 0 Å². The Kier molecular flexibility index (Phi) is 6.87. The van der Waals surface area contributed by atoms with Crippen molar-refractivity contribution in [3.8, 4) is 0 Å². The van der Waals surface area contributed by atoms with Crippen molar-refractivity contribution >= 4 is 11.8 Å². The SMILES string of the molecule is CCCC[N+](Cl)(CC)CCCC. The number of hydrogen-bond acceptors (Lipinski definition) is 0. The number of nitrogens with zero attached hydrogens (tertiary/aromatic N) is 1. The average Bonchev–Trinajstić information content (AvgIpc) is 2.11. The van der Waals surface area contributed by atoms with E-state index in [0.717, 1.165) is 23.6 Å². The summed E-state index contributed by atoms with van der Waals surface area (Å²) in [5, 5.41) is 0. The van der Waals surface area contributed by atoms with Gasteiger partial charge >= 0.3 is 0 Å². The van der Waals surface area contributed by atoms with Crippen LogP contribution in [0.25, 0.3) is 0 Å². The lowest BCUT2D eigenvalue weighted by atomic mass is 10.2. The molecule has 0 N–H and O–H groups in total. The highest BCUT2D eigenvalue weighted by atomic mass is 35.5. The minimum atomic E-state index is 0.752. The lowest BCUT2D eigenvalue weighted by molar-refractivity contribution is -0.814. The molecule has 0 unspecified atom stereocenters. The van der Waals surface area contributed by atoms with Gasteiger partial charge in [-0.1, -0.05) is 26.7 Å². The summed E-state index contributed by atoms with van der Waals surface area (Å²) in [5.74, 6) is 0. The second-order valence-corrected chi connectivity index (χ2v) is 4.22. The molecule has 0 aromatic carbocycles. The molecule has 0 spiro atoms. The first-order valence-corrected chi connectivity index (χ1v) is 5.58. The third kappa shape index (κ3) is 5.00. The van der Waals surface area contributed by atoms with E-state index in [1.165, 1.54) is 25.7 Å². The topological polar surface area (TPSA) is 0 Å². The van der Waals surface area contributed by atoms with E-state index in [4.69, 9.17) is 11.8 Å². The molecule has 0 aromatic rings. The molecule has 0 aliphatic heterocycles. The van der Waals surface area contributed by atoms with Gasteiger partial charge in [0.05, 0.1) is 19.6 Å². The second-order valence-electron chi connectivity index (χ2n) is 3.50. The number of rotatable bonds is 7. The minimum absolute atomic E-state index is 0.752. The van der Waals surface area contributed by atoms with Crippen molar-refractivity contribution in [2.24, 2.45) is 0 Å². The quantitative estimate of drug-likeness (QED) is 0.541. The normalized spacial score (nSPS) is 12.0. The summed E-state index contributed by atoms with van der Waals surface area (Å²) < 4.78 is 0.752. The van der Waals surface area contributed by atoms with E-state index in [1.807, 2.05) is 0 Å². The molecule has 74 valence electrons. The van der Waals surface area contributed by atoms with Crippen molar-refractivity contribution < 1.29 is 4.00 Å². The van der Waals surface area contributed by atoms with Crippen LogP contribution in [0.3, 0.4) is 0 Å². The smallest absolute Gasteiger partial charge is 0.165 e. The number of quaternary nitrogens is 1. The summed E-state index contributed by atoms with van der Waals surface area (Å²) in [5.41, 5.74) is 0. The van der Waals surface area contributed by atoms with Crippen LogP contribution in [0.15, 0.2) is 0 Å². The third-order valence-corrected chi connectivity index (χ3v) is 2.97. The molecule has 0 saturated carbocycles. The van der Waals surface area contributed by atoms with Crippen LogP contribution in [-0.4, -0.2) is 23.6 Å². The van der Waals surface area contributed by atoms with Crippen LogP contribution < -0.4 is 0 Å². The zero-order chi connectivity index (χ0) is 9.45. The molecule has 2 heteroatoms. The van der Waals surface area contributed by atoms with E-state index in [2.05, 4.69) is 20.8 Å². The van der Waals surface area contributed by atoms with Gasteiger partial charge in [-0.05, 0) is 19.8 Å². The Labute approximate surface area is 82.4 Å². The maximum Gasteiger partial charge on any atom is 0.165 e. The highest BCUT2D eigenvalue weighted by molar-refractivity contribution is 6.06. The molecule has 0 aliphatic rings. The molecule has 0 radical (unpaired) electrons. The fraction of sp³-hybridized carbons (Fsp3) is 1.00. The van der Waals surface area contributed by atoms with Crippen molar-refractivity contribution in [1.82, 2.24) is 0 Å². The molecular weight excluding hydrogens is 170 g/mol. The predicted molar refractivity (Wildman–Crippen MR) is 56.2 cm³/mol. The Hall–Kier alpha value is 0.250. The summed E-state index contributed by atoms with van der Waals surface area (Å²) >= 11 is 6.42. The predicted octanol–water partition coefficient (Wildman–Crippen LogP) is 3.58. The molecule has 1 nitrogen and oxygen atoms in total. The Balaban J connectivity index is 3.70. The van der Waals surface area contributed by atoms with Gasteiger partial charge < -0.3 is 0 Å². The van der Waals surface area contributed by atoms with Gasteiger partial charge in [0.2, 0.25) is 0 Å². The summed E-state index contributed by atoms with van der Waals surface area (Å²) in [6, 6.07) is 0. The molecule has 0 fully saturated rings. The van der Waals surface area contributed by atoms with Crippen molar-refractivity contribution in [1.29, 1.82) is 0 Å². The third-order valence-electron chi connectivity index (χ3n) is 2.39. The zero-order valence-electron chi connectivity index (χ0n) is 8.77. The van der Waals surface area contributed by atoms with E-state index < -0.39 is 0 Å². The van der Waals surface area contributed by atoms with Crippen LogP contribution in [-0.2, 0) is 0 Å². The van der Waals surface area contributed by atoms with E-state index in [9.17, 15) is 0 Å². The average molecular weight is 193 g/mol. The lowest BCUT2D eigenvalue weighted by Crippen LogP contribution is -2.39. The van der Waals surface area contributed by atoms with Crippen molar-refractivity contribution in [3.05, 3.63) is 0 Å². The number of halogens is 1. The van der Waals surface area contributed by atoms with Crippen LogP contribution in [0, 0.1) is 0 Å².